The van der Waals surface area contributed by atoms with Crippen LogP contribution in [0.25, 0.3) is 0 Å². The number of hydrogen-bond acceptors (Lipinski definition) is 6. The van der Waals surface area contributed by atoms with Crippen LogP contribution in [0.2, 0.25) is 0 Å². The van der Waals surface area contributed by atoms with Gasteiger partial charge in [0.2, 0.25) is 0 Å². The summed E-state index contributed by atoms with van der Waals surface area (Å²) < 4.78 is 35.3. The first-order chi connectivity index (χ1) is 32.6. The first kappa shape index (κ1) is 66.5. The van der Waals surface area contributed by atoms with Gasteiger partial charge in [0.1, 0.15) is 19.3 Å². The van der Waals surface area contributed by atoms with Crippen LogP contribution in [0.3, 0.4) is 0 Å². The Hall–Kier alpha value is -0.500. The van der Waals surface area contributed by atoms with E-state index in [1.807, 2.05) is 21.1 Å². The summed E-state index contributed by atoms with van der Waals surface area (Å²) in [7, 11) is 1.69. The highest BCUT2D eigenvalue weighted by molar-refractivity contribution is 7.47. The van der Waals surface area contributed by atoms with Crippen LogP contribution in [-0.4, -0.2) is 75.6 Å². The number of carbonyl (C=O) groups is 1. The highest BCUT2D eigenvalue weighted by Crippen LogP contribution is 2.43. The second-order valence-corrected chi connectivity index (χ2v) is 23.2. The standard InChI is InChI=1S/C58H118NO7P/c1-6-8-10-12-14-16-18-20-22-24-26-28-30-31-33-35-37-39-41-43-45-47-49-51-58(60)66-57(56-65-67(61,62)64-54-52-59(3,4)5)55-63-53-50-48-46-44-42-40-38-36-34-32-29-27-25-23-21-19-17-15-13-11-9-7-2/h57H,6-56H2,1-5H3/p+1. The smallest absolute Gasteiger partial charge is 0.457 e. The van der Waals surface area contributed by atoms with Gasteiger partial charge in [-0.15, -0.1) is 0 Å². The van der Waals surface area contributed by atoms with Crippen molar-refractivity contribution >= 4 is 13.8 Å². The SMILES string of the molecule is CCCCCCCCCCCCCCCCCCCCCCCCCC(=O)OC(COCCCCCCCCCCCCCCCCCCCCCCCC)COP(=O)(O)OCC[N+](C)(C)C. The van der Waals surface area contributed by atoms with Crippen molar-refractivity contribution in [3.05, 3.63) is 0 Å². The molecule has 2 unspecified atom stereocenters. The number of carbonyl (C=O) groups excluding carboxylic acids is 1. The maximum atomic E-state index is 12.8. The van der Waals surface area contributed by atoms with Crippen LogP contribution >= 0.6 is 7.82 Å². The molecule has 0 heterocycles. The molecule has 0 spiro atoms. The third kappa shape index (κ3) is 56.3. The molecule has 0 aromatic heterocycles. The molecule has 2 atom stereocenters. The summed E-state index contributed by atoms with van der Waals surface area (Å²) >= 11 is 0. The van der Waals surface area contributed by atoms with Crippen molar-refractivity contribution < 1.29 is 37.3 Å². The lowest BCUT2D eigenvalue weighted by Crippen LogP contribution is -2.37. The predicted octanol–water partition coefficient (Wildman–Crippen LogP) is 18.7. The van der Waals surface area contributed by atoms with Gasteiger partial charge in [0.15, 0.2) is 0 Å². The minimum atomic E-state index is -4.28. The Labute approximate surface area is 418 Å². The zero-order chi connectivity index (χ0) is 49.0. The Morgan fingerprint density at radius 1 is 0.403 bits per heavy atom. The topological polar surface area (TPSA) is 91.3 Å². The Morgan fingerprint density at radius 2 is 0.687 bits per heavy atom. The zero-order valence-electron chi connectivity index (χ0n) is 45.9. The molecule has 0 aliphatic rings. The lowest BCUT2D eigenvalue weighted by atomic mass is 10.0. The van der Waals surface area contributed by atoms with E-state index in [9.17, 15) is 14.3 Å². The second-order valence-electron chi connectivity index (χ2n) is 21.8. The fourth-order valence-corrected chi connectivity index (χ4v) is 9.83. The van der Waals surface area contributed by atoms with Gasteiger partial charge < -0.3 is 18.9 Å². The lowest BCUT2D eigenvalue weighted by molar-refractivity contribution is -0.870. The van der Waals surface area contributed by atoms with E-state index in [2.05, 4.69) is 13.8 Å². The molecule has 8 nitrogen and oxygen atoms in total. The van der Waals surface area contributed by atoms with Gasteiger partial charge in [-0.2, -0.15) is 0 Å². The molecule has 0 aromatic rings. The molecule has 0 aromatic carbocycles. The number of esters is 1. The molecule has 67 heavy (non-hydrogen) atoms. The highest BCUT2D eigenvalue weighted by atomic mass is 31.2. The van der Waals surface area contributed by atoms with Crippen LogP contribution in [0.5, 0.6) is 0 Å². The van der Waals surface area contributed by atoms with E-state index in [1.54, 1.807) is 0 Å². The van der Waals surface area contributed by atoms with E-state index < -0.39 is 13.9 Å². The quantitative estimate of drug-likeness (QED) is 0.0281. The number of nitrogens with zero attached hydrogens (tertiary/aromatic N) is 1. The van der Waals surface area contributed by atoms with Crippen molar-refractivity contribution in [1.29, 1.82) is 0 Å². The normalized spacial score (nSPS) is 13.3. The number of unbranched alkanes of at least 4 members (excludes halogenated alkanes) is 43. The molecule has 402 valence electrons. The van der Waals surface area contributed by atoms with E-state index >= 15 is 0 Å². The molecule has 0 aliphatic carbocycles. The molecule has 0 rings (SSSR count). The number of hydrogen-bond donors (Lipinski definition) is 1. The minimum absolute atomic E-state index is 0.0945. The summed E-state index contributed by atoms with van der Waals surface area (Å²) in [5.41, 5.74) is 0. The first-order valence-corrected chi connectivity index (χ1v) is 31.3. The lowest BCUT2D eigenvalue weighted by Gasteiger charge is -2.24. The molecule has 0 amide bonds. The summed E-state index contributed by atoms with van der Waals surface area (Å²) in [6, 6.07) is 0. The van der Waals surface area contributed by atoms with Crippen molar-refractivity contribution in [1.82, 2.24) is 0 Å². The average molecular weight is 974 g/mol. The van der Waals surface area contributed by atoms with Gasteiger partial charge >= 0.3 is 13.8 Å². The zero-order valence-corrected chi connectivity index (χ0v) is 46.8. The number of phosphoric ester groups is 1. The van der Waals surface area contributed by atoms with Gasteiger partial charge in [-0.1, -0.05) is 290 Å². The number of ether oxygens (including phenoxy) is 2. The molecule has 0 saturated carbocycles. The fraction of sp³-hybridized carbons (Fsp3) is 0.983. The van der Waals surface area contributed by atoms with E-state index in [1.165, 1.54) is 257 Å². The van der Waals surface area contributed by atoms with Crippen LogP contribution in [0.4, 0.5) is 0 Å². The van der Waals surface area contributed by atoms with Gasteiger partial charge in [-0.3, -0.25) is 13.8 Å². The van der Waals surface area contributed by atoms with Crippen LogP contribution < -0.4 is 0 Å². The summed E-state index contributed by atoms with van der Waals surface area (Å²) in [4.78, 5) is 23.1. The predicted molar refractivity (Wildman–Crippen MR) is 289 cm³/mol. The van der Waals surface area contributed by atoms with Crippen LogP contribution in [0, 0.1) is 0 Å². The van der Waals surface area contributed by atoms with Gasteiger partial charge in [0.25, 0.3) is 0 Å². The van der Waals surface area contributed by atoms with Crippen LogP contribution in [-0.2, 0) is 27.9 Å². The Morgan fingerprint density at radius 3 is 0.985 bits per heavy atom. The van der Waals surface area contributed by atoms with Crippen molar-refractivity contribution in [2.75, 3.05) is 54.1 Å². The summed E-state index contributed by atoms with van der Waals surface area (Å²) in [5, 5.41) is 0. The Kier molecular flexibility index (Phi) is 51.5. The number of rotatable bonds is 57. The second kappa shape index (κ2) is 51.8. The van der Waals surface area contributed by atoms with E-state index in [0.717, 1.165) is 32.1 Å². The van der Waals surface area contributed by atoms with Gasteiger partial charge in [-0.25, -0.2) is 4.57 Å². The van der Waals surface area contributed by atoms with Gasteiger partial charge in [0.05, 0.1) is 34.4 Å². The molecule has 0 bridgehead atoms. The van der Waals surface area contributed by atoms with Crippen molar-refractivity contribution in [3.8, 4) is 0 Å². The van der Waals surface area contributed by atoms with Crippen LogP contribution in [0.1, 0.15) is 309 Å². The van der Waals surface area contributed by atoms with E-state index in [0.29, 0.717) is 24.1 Å². The third-order valence-corrected chi connectivity index (χ3v) is 14.7. The minimum Gasteiger partial charge on any atom is -0.457 e. The Balaban J connectivity index is 3.99. The van der Waals surface area contributed by atoms with Gasteiger partial charge in [-0.05, 0) is 12.8 Å². The maximum Gasteiger partial charge on any atom is 0.472 e. The molecule has 0 fully saturated rings. The summed E-state index contributed by atoms with van der Waals surface area (Å²) in [5.74, 6) is -0.302. The van der Waals surface area contributed by atoms with E-state index in [4.69, 9.17) is 18.5 Å². The molecular formula is C58H119NO7P+. The first-order valence-electron chi connectivity index (χ1n) is 29.8. The third-order valence-electron chi connectivity index (χ3n) is 13.7. The van der Waals surface area contributed by atoms with E-state index in [-0.39, 0.29) is 25.8 Å². The fourth-order valence-electron chi connectivity index (χ4n) is 9.09. The van der Waals surface area contributed by atoms with Gasteiger partial charge in [0, 0.05) is 13.0 Å². The molecule has 0 aliphatic heterocycles. The molecular weight excluding hydrogens is 854 g/mol. The van der Waals surface area contributed by atoms with Crippen LogP contribution in [0.15, 0.2) is 0 Å². The number of quaternary nitrogens is 1. The molecule has 0 radical (unpaired) electrons. The Bertz CT molecular complexity index is 1040. The monoisotopic (exact) mass is 973 g/mol. The van der Waals surface area contributed by atoms with Crippen molar-refractivity contribution in [2.24, 2.45) is 0 Å². The van der Waals surface area contributed by atoms with Crippen molar-refractivity contribution in [2.45, 2.75) is 315 Å². The average Bonchev–Trinajstić information content (AvgIpc) is 3.29. The highest BCUT2D eigenvalue weighted by Gasteiger charge is 2.26. The van der Waals surface area contributed by atoms with Crippen molar-refractivity contribution in [3.63, 3.8) is 0 Å². The number of phosphoric acid groups is 1. The molecule has 0 saturated heterocycles. The maximum absolute atomic E-state index is 12.8. The number of likely N-dealkylation sites (N-methyl/N-ethyl adjacent to an activating group) is 1. The molecule has 9 heteroatoms. The summed E-state index contributed by atoms with van der Waals surface area (Å²) in [6.07, 6.45) is 60.3. The summed E-state index contributed by atoms with van der Waals surface area (Å²) in [6.45, 7) is 5.73. The largest absolute Gasteiger partial charge is 0.472 e. The molecule has 1 N–H and O–H groups in total.